The summed E-state index contributed by atoms with van der Waals surface area (Å²) in [4.78, 5) is 29.6. The smallest absolute Gasteiger partial charge is 0.264 e. The minimum Gasteiger partial charge on any atom is -0.354 e. The molecule has 0 bridgehead atoms. The summed E-state index contributed by atoms with van der Waals surface area (Å²) in [5.41, 5.74) is 2.98. The second-order valence-corrected chi connectivity index (χ2v) is 13.1. The predicted octanol–water partition coefficient (Wildman–Crippen LogP) is 6.12. The van der Waals surface area contributed by atoms with Crippen molar-refractivity contribution in [2.75, 3.05) is 17.4 Å². The lowest BCUT2D eigenvalue weighted by atomic mass is 10.0. The van der Waals surface area contributed by atoms with Gasteiger partial charge in [-0.1, -0.05) is 101 Å². The summed E-state index contributed by atoms with van der Waals surface area (Å²) in [6.45, 7) is 3.95. The van der Waals surface area contributed by atoms with E-state index < -0.39 is 28.5 Å². The average molecular weight is 663 g/mol. The van der Waals surface area contributed by atoms with Crippen molar-refractivity contribution in [2.45, 2.75) is 44.2 Å². The summed E-state index contributed by atoms with van der Waals surface area (Å²) in [6, 6.07) is 31.4. The molecular weight excluding hydrogens is 626 g/mol. The zero-order valence-corrected chi connectivity index (χ0v) is 26.7. The molecule has 43 heavy (non-hydrogen) atoms. The van der Waals surface area contributed by atoms with Crippen LogP contribution in [0.3, 0.4) is 0 Å². The monoisotopic (exact) mass is 661 g/mol. The van der Waals surface area contributed by atoms with E-state index in [0.29, 0.717) is 12.2 Å². The molecule has 0 radical (unpaired) electrons. The van der Waals surface area contributed by atoms with E-state index in [2.05, 4.69) is 21.2 Å². The minimum atomic E-state index is -4.13. The lowest BCUT2D eigenvalue weighted by molar-refractivity contribution is -0.140. The Kier molecular flexibility index (Phi) is 11.1. The number of halogens is 1. The topological polar surface area (TPSA) is 86.8 Å². The second kappa shape index (κ2) is 15.0. The number of aryl methyl sites for hydroxylation is 1. The quantitative estimate of drug-likeness (QED) is 0.187. The average Bonchev–Trinajstić information content (AvgIpc) is 3.02. The summed E-state index contributed by atoms with van der Waals surface area (Å²) in [6.07, 6.45) is 1.01. The van der Waals surface area contributed by atoms with Gasteiger partial charge in [-0.15, -0.1) is 0 Å². The van der Waals surface area contributed by atoms with Crippen molar-refractivity contribution in [2.24, 2.45) is 0 Å². The molecule has 0 spiro atoms. The first-order valence-electron chi connectivity index (χ1n) is 14.2. The van der Waals surface area contributed by atoms with Crippen LogP contribution in [0.15, 0.2) is 119 Å². The molecule has 0 saturated heterocycles. The number of carbonyl (C=O) groups excluding carboxylic acids is 2. The Bertz CT molecular complexity index is 1600. The van der Waals surface area contributed by atoms with Gasteiger partial charge in [-0.3, -0.25) is 13.9 Å². The van der Waals surface area contributed by atoms with Crippen molar-refractivity contribution in [3.63, 3.8) is 0 Å². The lowest BCUT2D eigenvalue weighted by Crippen LogP contribution is -2.53. The van der Waals surface area contributed by atoms with Crippen LogP contribution < -0.4 is 9.62 Å². The fourth-order valence-corrected chi connectivity index (χ4v) is 6.35. The Morgan fingerprint density at radius 2 is 1.40 bits per heavy atom. The number of anilines is 1. The summed E-state index contributed by atoms with van der Waals surface area (Å²) < 4.78 is 30.0. The van der Waals surface area contributed by atoms with Gasteiger partial charge in [0.2, 0.25) is 11.8 Å². The van der Waals surface area contributed by atoms with Gasteiger partial charge >= 0.3 is 0 Å². The molecule has 0 aliphatic carbocycles. The highest BCUT2D eigenvalue weighted by molar-refractivity contribution is 9.10. The summed E-state index contributed by atoms with van der Waals surface area (Å²) in [5, 5.41) is 2.96. The van der Waals surface area contributed by atoms with Gasteiger partial charge in [-0.2, -0.15) is 0 Å². The van der Waals surface area contributed by atoms with Crippen LogP contribution >= 0.6 is 15.9 Å². The molecule has 0 saturated carbocycles. The summed E-state index contributed by atoms with van der Waals surface area (Å²) in [5.74, 6) is -0.776. The third-order valence-electron chi connectivity index (χ3n) is 7.02. The van der Waals surface area contributed by atoms with Gasteiger partial charge in [0, 0.05) is 24.0 Å². The zero-order chi connectivity index (χ0) is 30.8. The van der Waals surface area contributed by atoms with Crippen molar-refractivity contribution in [3.05, 3.63) is 130 Å². The first kappa shape index (κ1) is 32.0. The van der Waals surface area contributed by atoms with Gasteiger partial charge in [0.25, 0.3) is 10.0 Å². The minimum absolute atomic E-state index is 0.0740. The van der Waals surface area contributed by atoms with Crippen LogP contribution in [-0.4, -0.2) is 44.3 Å². The molecule has 0 aromatic heterocycles. The van der Waals surface area contributed by atoms with Crippen LogP contribution in [0.2, 0.25) is 0 Å². The Labute approximate surface area is 262 Å². The third kappa shape index (κ3) is 8.55. The Balaban J connectivity index is 1.77. The van der Waals surface area contributed by atoms with Crippen molar-refractivity contribution in [1.82, 2.24) is 10.2 Å². The maximum absolute atomic E-state index is 14.4. The first-order chi connectivity index (χ1) is 20.7. The zero-order valence-electron chi connectivity index (χ0n) is 24.3. The number of nitrogens with zero attached hydrogens (tertiary/aromatic N) is 2. The molecule has 0 fully saturated rings. The van der Waals surface area contributed by atoms with Gasteiger partial charge in [-0.25, -0.2) is 8.42 Å². The Morgan fingerprint density at radius 3 is 1.98 bits per heavy atom. The van der Waals surface area contributed by atoms with E-state index >= 15 is 0 Å². The molecule has 1 N–H and O–H groups in total. The molecule has 0 aliphatic heterocycles. The van der Waals surface area contributed by atoms with E-state index in [4.69, 9.17) is 0 Å². The fourth-order valence-electron chi connectivity index (χ4n) is 4.67. The normalized spacial score (nSPS) is 11.9. The van der Waals surface area contributed by atoms with Crippen LogP contribution in [0.1, 0.15) is 30.0 Å². The largest absolute Gasteiger partial charge is 0.354 e. The predicted molar refractivity (Wildman–Crippen MR) is 174 cm³/mol. The number of hydrogen-bond acceptors (Lipinski definition) is 4. The molecule has 9 heteroatoms. The maximum atomic E-state index is 14.4. The van der Waals surface area contributed by atoms with Crippen LogP contribution in [-0.2, 0) is 32.6 Å². The van der Waals surface area contributed by atoms with Crippen LogP contribution in [0.25, 0.3) is 0 Å². The number of nitrogens with one attached hydrogen (secondary N) is 1. The first-order valence-corrected chi connectivity index (χ1v) is 16.4. The molecule has 0 unspecified atom stereocenters. The molecule has 0 aliphatic rings. The van der Waals surface area contributed by atoms with E-state index in [1.54, 1.807) is 48.5 Å². The molecule has 4 rings (SSSR count). The highest BCUT2D eigenvalue weighted by Crippen LogP contribution is 2.27. The van der Waals surface area contributed by atoms with E-state index in [1.165, 1.54) is 4.90 Å². The molecule has 4 aromatic rings. The standard InChI is InChI=1S/C34H36BrN3O4S/c1-3-22-36-34(40)32(23-27-10-6-4-7-11-27)37(24-28-12-8-5-9-13-28)33(39)25-38(30-18-16-29(35)17-19-30)43(41,42)31-20-14-26(2)15-21-31/h4-21,32H,3,22-25H2,1-2H3,(H,36,40)/t32-/m0/s1. The van der Waals surface area contributed by atoms with Crippen LogP contribution in [0.5, 0.6) is 0 Å². The number of amides is 2. The highest BCUT2D eigenvalue weighted by atomic mass is 79.9. The molecular formula is C34H36BrN3O4S. The van der Waals surface area contributed by atoms with Crippen molar-refractivity contribution >= 4 is 43.5 Å². The highest BCUT2D eigenvalue weighted by Gasteiger charge is 2.34. The van der Waals surface area contributed by atoms with Crippen molar-refractivity contribution in [1.29, 1.82) is 0 Å². The summed E-state index contributed by atoms with van der Waals surface area (Å²) in [7, 11) is -4.13. The van der Waals surface area contributed by atoms with E-state index in [9.17, 15) is 18.0 Å². The van der Waals surface area contributed by atoms with Gasteiger partial charge in [-0.05, 0) is 60.9 Å². The van der Waals surface area contributed by atoms with Gasteiger partial charge < -0.3 is 10.2 Å². The van der Waals surface area contributed by atoms with E-state index in [1.807, 2.05) is 74.5 Å². The summed E-state index contributed by atoms with van der Waals surface area (Å²) >= 11 is 3.41. The Morgan fingerprint density at radius 1 is 0.814 bits per heavy atom. The SMILES string of the molecule is CCCNC(=O)[C@H](Cc1ccccc1)N(Cc1ccccc1)C(=O)CN(c1ccc(Br)cc1)S(=O)(=O)c1ccc(C)cc1. The van der Waals surface area contributed by atoms with Gasteiger partial charge in [0.05, 0.1) is 10.6 Å². The third-order valence-corrected chi connectivity index (χ3v) is 9.34. The number of carbonyl (C=O) groups is 2. The van der Waals surface area contributed by atoms with Gasteiger partial charge in [0.15, 0.2) is 0 Å². The van der Waals surface area contributed by atoms with Crippen molar-refractivity contribution < 1.29 is 18.0 Å². The number of rotatable bonds is 13. The maximum Gasteiger partial charge on any atom is 0.264 e. The van der Waals surface area contributed by atoms with Crippen molar-refractivity contribution in [3.8, 4) is 0 Å². The van der Waals surface area contributed by atoms with Crippen LogP contribution in [0, 0.1) is 6.92 Å². The van der Waals surface area contributed by atoms with E-state index in [-0.39, 0.29) is 23.8 Å². The molecule has 0 heterocycles. The van der Waals surface area contributed by atoms with E-state index in [0.717, 1.165) is 31.9 Å². The molecule has 4 aromatic carbocycles. The lowest BCUT2D eigenvalue weighted by Gasteiger charge is -2.34. The van der Waals surface area contributed by atoms with Gasteiger partial charge in [0.1, 0.15) is 12.6 Å². The molecule has 1 atom stereocenters. The molecule has 2 amide bonds. The molecule has 7 nitrogen and oxygen atoms in total. The molecule has 224 valence electrons. The Hall–Kier alpha value is -3.95. The fraction of sp³-hybridized carbons (Fsp3) is 0.235. The number of benzene rings is 4. The number of hydrogen-bond donors (Lipinski definition) is 1. The second-order valence-electron chi connectivity index (χ2n) is 10.3. The number of sulfonamides is 1. The van der Waals surface area contributed by atoms with Crippen LogP contribution in [0.4, 0.5) is 5.69 Å².